The Labute approximate surface area is 162 Å². The van der Waals surface area contributed by atoms with Gasteiger partial charge in [-0.2, -0.15) is 0 Å². The van der Waals surface area contributed by atoms with Crippen LogP contribution in [0.3, 0.4) is 0 Å². The Kier molecular flexibility index (Phi) is 2.76. The van der Waals surface area contributed by atoms with Crippen LogP contribution < -0.4 is 4.57 Å². The number of aromatic nitrogens is 1. The van der Waals surface area contributed by atoms with Crippen molar-refractivity contribution in [3.8, 4) is 11.3 Å². The second-order valence-corrected chi connectivity index (χ2v) is 7.32. The molecule has 0 atom stereocenters. The van der Waals surface area contributed by atoms with Gasteiger partial charge in [0.05, 0.1) is 5.56 Å². The summed E-state index contributed by atoms with van der Waals surface area (Å²) < 4.78 is 32.9. The molecular formula is C25H22NO+. The summed E-state index contributed by atoms with van der Waals surface area (Å²) >= 11 is 0. The third-order valence-corrected chi connectivity index (χ3v) is 5.37. The number of benzene rings is 3. The van der Waals surface area contributed by atoms with E-state index in [1.807, 2.05) is 61.1 Å². The predicted molar refractivity (Wildman–Crippen MR) is 112 cm³/mol. The van der Waals surface area contributed by atoms with Crippen molar-refractivity contribution < 1.29 is 13.1 Å². The SMILES string of the molecule is [2H]C([2H])([2H])c1cc(C)c(-c2cc(C)cc[n+]2C)c2oc3cc4ccccc4cc3c12. The van der Waals surface area contributed by atoms with Gasteiger partial charge < -0.3 is 4.42 Å². The molecule has 132 valence electrons. The molecule has 0 fully saturated rings. The highest BCUT2D eigenvalue weighted by molar-refractivity contribution is 6.14. The van der Waals surface area contributed by atoms with Crippen molar-refractivity contribution in [1.29, 1.82) is 0 Å². The molecule has 0 saturated carbocycles. The van der Waals surface area contributed by atoms with E-state index in [2.05, 4.69) is 19.1 Å². The Morgan fingerprint density at radius 1 is 0.926 bits per heavy atom. The van der Waals surface area contributed by atoms with Gasteiger partial charge in [0.15, 0.2) is 6.20 Å². The number of nitrogens with zero attached hydrogens (tertiary/aromatic N) is 1. The second kappa shape index (κ2) is 5.68. The van der Waals surface area contributed by atoms with Gasteiger partial charge in [-0.15, -0.1) is 0 Å². The summed E-state index contributed by atoms with van der Waals surface area (Å²) in [5.41, 5.74) is 5.63. The monoisotopic (exact) mass is 355 g/mol. The molecule has 0 unspecified atom stereocenters. The average molecular weight is 355 g/mol. The molecule has 0 saturated heterocycles. The van der Waals surface area contributed by atoms with Gasteiger partial charge >= 0.3 is 0 Å². The summed E-state index contributed by atoms with van der Waals surface area (Å²) in [7, 11) is 1.99. The van der Waals surface area contributed by atoms with Crippen molar-refractivity contribution in [2.75, 3.05) is 0 Å². The summed E-state index contributed by atoms with van der Waals surface area (Å²) in [4.78, 5) is 0. The van der Waals surface area contributed by atoms with Crippen molar-refractivity contribution in [3.05, 3.63) is 77.5 Å². The Bertz CT molecular complexity index is 1460. The molecule has 5 aromatic rings. The van der Waals surface area contributed by atoms with E-state index < -0.39 is 6.85 Å². The number of hydrogen-bond acceptors (Lipinski definition) is 1. The zero-order valence-corrected chi connectivity index (χ0v) is 15.6. The van der Waals surface area contributed by atoms with Crippen LogP contribution in [0.15, 0.2) is 65.2 Å². The first-order valence-electron chi connectivity index (χ1n) is 10.6. The smallest absolute Gasteiger partial charge is 0.216 e. The van der Waals surface area contributed by atoms with Gasteiger partial charge in [-0.25, -0.2) is 4.57 Å². The fourth-order valence-corrected chi connectivity index (χ4v) is 4.01. The number of hydrogen-bond donors (Lipinski definition) is 0. The predicted octanol–water partition coefficient (Wildman–Crippen LogP) is 6.16. The van der Waals surface area contributed by atoms with Crippen molar-refractivity contribution >= 4 is 32.7 Å². The molecule has 5 rings (SSSR count). The van der Waals surface area contributed by atoms with Gasteiger partial charge in [0.1, 0.15) is 18.2 Å². The molecule has 2 aromatic heterocycles. The van der Waals surface area contributed by atoms with Gasteiger partial charge in [0, 0.05) is 27.0 Å². The molecule has 0 aliphatic heterocycles. The molecule has 27 heavy (non-hydrogen) atoms. The number of pyridine rings is 1. The maximum Gasteiger partial charge on any atom is 0.216 e. The Balaban J connectivity index is 2.01. The van der Waals surface area contributed by atoms with Gasteiger partial charge in [0.25, 0.3) is 0 Å². The lowest BCUT2D eigenvalue weighted by Crippen LogP contribution is -2.30. The summed E-state index contributed by atoms with van der Waals surface area (Å²) in [6, 6.07) is 18.1. The van der Waals surface area contributed by atoms with E-state index >= 15 is 0 Å². The molecule has 2 heterocycles. The lowest BCUT2D eigenvalue weighted by Gasteiger charge is -2.08. The van der Waals surface area contributed by atoms with Crippen LogP contribution in [0.2, 0.25) is 0 Å². The van der Waals surface area contributed by atoms with Crippen molar-refractivity contribution in [2.45, 2.75) is 20.7 Å². The zero-order chi connectivity index (χ0) is 21.2. The fraction of sp³-hybridized carbons (Fsp3) is 0.160. The molecule has 0 spiro atoms. The van der Waals surface area contributed by atoms with E-state index in [1.54, 1.807) is 6.07 Å². The Hall–Kier alpha value is -3.13. The van der Waals surface area contributed by atoms with Gasteiger partial charge in [-0.3, -0.25) is 0 Å². The number of fused-ring (bicyclic) bond motifs is 4. The molecule has 0 aliphatic carbocycles. The van der Waals surface area contributed by atoms with E-state index in [-0.39, 0.29) is 0 Å². The van der Waals surface area contributed by atoms with Gasteiger partial charge in [-0.1, -0.05) is 30.3 Å². The topological polar surface area (TPSA) is 17.0 Å². The largest absolute Gasteiger partial charge is 0.455 e. The average Bonchev–Trinajstić information content (AvgIpc) is 3.04. The van der Waals surface area contributed by atoms with E-state index in [4.69, 9.17) is 8.53 Å². The third kappa shape index (κ3) is 2.37. The number of rotatable bonds is 1. The van der Waals surface area contributed by atoms with Gasteiger partial charge in [0.2, 0.25) is 5.69 Å². The highest BCUT2D eigenvalue weighted by atomic mass is 16.3. The lowest BCUT2D eigenvalue weighted by molar-refractivity contribution is -0.660. The van der Waals surface area contributed by atoms with Crippen LogP contribution in [0.5, 0.6) is 0 Å². The molecule has 3 aromatic carbocycles. The zero-order valence-electron chi connectivity index (χ0n) is 18.6. The van der Waals surface area contributed by atoms with Crippen LogP contribution in [0, 0.1) is 20.7 Å². The van der Waals surface area contributed by atoms with Crippen LogP contribution in [0.1, 0.15) is 20.8 Å². The minimum Gasteiger partial charge on any atom is -0.455 e. The molecule has 2 nitrogen and oxygen atoms in total. The second-order valence-electron chi connectivity index (χ2n) is 7.32. The van der Waals surface area contributed by atoms with Crippen molar-refractivity contribution in [3.63, 3.8) is 0 Å². The third-order valence-electron chi connectivity index (χ3n) is 5.37. The molecule has 0 radical (unpaired) electrons. The molecule has 0 aliphatic rings. The maximum absolute atomic E-state index is 8.17. The van der Waals surface area contributed by atoms with E-state index in [9.17, 15) is 0 Å². The molecular weight excluding hydrogens is 330 g/mol. The fourth-order valence-electron chi connectivity index (χ4n) is 4.01. The lowest BCUT2D eigenvalue weighted by atomic mass is 9.96. The molecule has 2 heteroatoms. The number of furan rings is 1. The first-order chi connectivity index (χ1) is 14.2. The highest BCUT2D eigenvalue weighted by Gasteiger charge is 2.22. The minimum absolute atomic E-state index is 0.336. The summed E-state index contributed by atoms with van der Waals surface area (Å²) in [6.45, 7) is 1.77. The summed E-state index contributed by atoms with van der Waals surface area (Å²) in [5, 5.41) is 3.65. The normalized spacial score (nSPS) is 13.8. The summed E-state index contributed by atoms with van der Waals surface area (Å²) in [5.74, 6) is 0. The van der Waals surface area contributed by atoms with Crippen LogP contribution >= 0.6 is 0 Å². The minimum atomic E-state index is -2.24. The van der Waals surface area contributed by atoms with Crippen LogP contribution in [0.25, 0.3) is 44.0 Å². The first kappa shape index (κ1) is 13.1. The quantitative estimate of drug-likeness (QED) is 0.329. The van der Waals surface area contributed by atoms with Gasteiger partial charge in [-0.05, 0) is 60.3 Å². The van der Waals surface area contributed by atoms with E-state index in [0.717, 1.165) is 38.5 Å². The van der Waals surface area contributed by atoms with Crippen LogP contribution in [0.4, 0.5) is 0 Å². The van der Waals surface area contributed by atoms with Crippen LogP contribution in [-0.2, 0) is 7.05 Å². The summed E-state index contributed by atoms with van der Waals surface area (Å²) in [6.07, 6.45) is 2.02. The Morgan fingerprint density at radius 2 is 1.70 bits per heavy atom. The Morgan fingerprint density at radius 3 is 2.48 bits per heavy atom. The van der Waals surface area contributed by atoms with Crippen LogP contribution in [-0.4, -0.2) is 0 Å². The standard InChI is InChI=1S/C25H22NO/c1-15-9-10-26(4)21(11-15)24-17(3)12-16(2)23-20-13-18-7-5-6-8-19(18)14-22(20)27-25(23)24/h5-14H,1-4H3/q+1/i2D3. The van der Waals surface area contributed by atoms with Crippen molar-refractivity contribution in [2.24, 2.45) is 7.05 Å². The molecule has 0 amide bonds. The van der Waals surface area contributed by atoms with E-state index in [0.29, 0.717) is 22.1 Å². The highest BCUT2D eigenvalue weighted by Crippen LogP contribution is 2.40. The first-order valence-corrected chi connectivity index (χ1v) is 9.10. The van der Waals surface area contributed by atoms with Crippen molar-refractivity contribution in [1.82, 2.24) is 0 Å². The molecule has 0 N–H and O–H groups in total. The van der Waals surface area contributed by atoms with E-state index in [1.165, 1.54) is 0 Å². The maximum atomic E-state index is 8.17. The molecule has 0 bridgehead atoms. The number of aryl methyl sites for hydroxylation is 4.